The maximum Gasteiger partial charge on any atom is 0.491 e. The normalized spacial score (nSPS) is 13.5. The summed E-state index contributed by atoms with van der Waals surface area (Å²) in [6, 6.07) is 4.54. The first-order valence-corrected chi connectivity index (χ1v) is 6.50. The Labute approximate surface area is 131 Å². The topological polar surface area (TPSA) is 103 Å². The SMILES string of the molecule is O=C(OC(=O)C(F)(F)F)c1[nH]nnc1-c1ccc2c(c1)OCCO2. The fourth-order valence-corrected chi connectivity index (χ4v) is 1.96. The summed E-state index contributed by atoms with van der Waals surface area (Å²) in [5.41, 5.74) is -0.268. The molecule has 1 aromatic carbocycles. The number of nitrogens with zero attached hydrogens (tertiary/aromatic N) is 2. The molecule has 0 unspecified atom stereocenters. The number of carbonyl (C=O) groups excluding carboxylic acids is 2. The zero-order valence-corrected chi connectivity index (χ0v) is 11.7. The van der Waals surface area contributed by atoms with E-state index >= 15 is 0 Å². The van der Waals surface area contributed by atoms with E-state index in [2.05, 4.69) is 20.1 Å². The van der Waals surface area contributed by atoms with Crippen LogP contribution in [0, 0.1) is 0 Å². The summed E-state index contributed by atoms with van der Waals surface area (Å²) < 4.78 is 51.0. The van der Waals surface area contributed by atoms with E-state index in [1.807, 2.05) is 0 Å². The number of alkyl halides is 3. The van der Waals surface area contributed by atoms with Gasteiger partial charge in [-0.1, -0.05) is 5.21 Å². The number of hydrogen-bond acceptors (Lipinski definition) is 7. The van der Waals surface area contributed by atoms with E-state index in [1.165, 1.54) is 12.1 Å². The van der Waals surface area contributed by atoms with Crippen molar-refractivity contribution in [2.45, 2.75) is 6.18 Å². The van der Waals surface area contributed by atoms with Gasteiger partial charge in [-0.25, -0.2) is 9.59 Å². The number of hydrogen-bond donors (Lipinski definition) is 1. The van der Waals surface area contributed by atoms with Crippen LogP contribution in [0.5, 0.6) is 11.5 Å². The second-order valence-corrected chi connectivity index (χ2v) is 4.57. The number of nitrogens with one attached hydrogen (secondary N) is 1. The van der Waals surface area contributed by atoms with Crippen molar-refractivity contribution >= 4 is 11.9 Å². The Kier molecular flexibility index (Phi) is 3.83. The maximum absolute atomic E-state index is 12.2. The van der Waals surface area contributed by atoms with Crippen LogP contribution in [-0.4, -0.2) is 46.7 Å². The predicted octanol–water partition coefficient (Wildman–Crippen LogP) is 1.49. The lowest BCUT2D eigenvalue weighted by atomic mass is 10.1. The monoisotopic (exact) mass is 343 g/mol. The van der Waals surface area contributed by atoms with E-state index in [1.54, 1.807) is 6.07 Å². The quantitative estimate of drug-likeness (QED) is 0.651. The minimum Gasteiger partial charge on any atom is -0.486 e. The molecule has 0 atom stereocenters. The molecule has 0 fully saturated rings. The van der Waals surface area contributed by atoms with Crippen molar-refractivity contribution < 1.29 is 37.0 Å². The van der Waals surface area contributed by atoms with Crippen LogP contribution >= 0.6 is 0 Å². The van der Waals surface area contributed by atoms with Crippen molar-refractivity contribution in [3.63, 3.8) is 0 Å². The van der Waals surface area contributed by atoms with E-state index in [-0.39, 0.29) is 5.69 Å². The highest BCUT2D eigenvalue weighted by Crippen LogP contribution is 2.34. The molecule has 1 aliphatic heterocycles. The zero-order valence-electron chi connectivity index (χ0n) is 11.7. The minimum absolute atomic E-state index is 0.0908. The van der Waals surface area contributed by atoms with Crippen molar-refractivity contribution in [3.05, 3.63) is 23.9 Å². The second kappa shape index (κ2) is 5.83. The molecule has 0 aliphatic carbocycles. The van der Waals surface area contributed by atoms with E-state index in [0.717, 1.165) is 0 Å². The molecule has 2 aromatic rings. The first-order chi connectivity index (χ1) is 11.4. The fraction of sp³-hybridized carbons (Fsp3) is 0.231. The lowest BCUT2D eigenvalue weighted by molar-refractivity contribution is -0.193. The highest BCUT2D eigenvalue weighted by atomic mass is 19.4. The molecule has 0 saturated heterocycles. The lowest BCUT2D eigenvalue weighted by Crippen LogP contribution is -2.28. The number of benzene rings is 1. The molecule has 0 amide bonds. The molecule has 8 nitrogen and oxygen atoms in total. The van der Waals surface area contributed by atoms with Crippen LogP contribution < -0.4 is 9.47 Å². The van der Waals surface area contributed by atoms with E-state index in [4.69, 9.17) is 9.47 Å². The molecule has 3 rings (SSSR count). The molecule has 1 N–H and O–H groups in total. The standard InChI is InChI=1S/C13H8F3N3O5/c14-13(15,16)12(21)24-11(20)10-9(17-19-18-10)6-1-2-7-8(5-6)23-4-3-22-7/h1-2,5H,3-4H2,(H,17,18,19). The first-order valence-electron chi connectivity index (χ1n) is 6.50. The summed E-state index contributed by atoms with van der Waals surface area (Å²) in [6.45, 7) is 0.706. The van der Waals surface area contributed by atoms with Gasteiger partial charge in [0.05, 0.1) is 0 Å². The molecule has 126 valence electrons. The number of halogens is 3. The second-order valence-electron chi connectivity index (χ2n) is 4.57. The smallest absolute Gasteiger partial charge is 0.486 e. The molecular weight excluding hydrogens is 335 g/mol. The van der Waals surface area contributed by atoms with E-state index in [0.29, 0.717) is 30.3 Å². The third kappa shape index (κ3) is 3.00. The summed E-state index contributed by atoms with van der Waals surface area (Å²) in [5.74, 6) is -3.32. The molecule has 0 spiro atoms. The molecule has 1 aromatic heterocycles. The van der Waals surface area contributed by atoms with Gasteiger partial charge in [0, 0.05) is 5.56 Å². The van der Waals surface area contributed by atoms with Gasteiger partial charge in [-0.2, -0.15) is 13.2 Å². The molecular formula is C13H8F3N3O5. The number of aromatic amines is 1. The van der Waals surface area contributed by atoms with E-state index in [9.17, 15) is 22.8 Å². The molecule has 24 heavy (non-hydrogen) atoms. The first kappa shape index (κ1) is 15.8. The third-order valence-electron chi connectivity index (χ3n) is 2.99. The number of aromatic nitrogens is 3. The summed E-state index contributed by atoms with van der Waals surface area (Å²) >= 11 is 0. The zero-order chi connectivity index (χ0) is 17.3. The van der Waals surface area contributed by atoms with Crippen molar-refractivity contribution in [3.8, 4) is 22.8 Å². The van der Waals surface area contributed by atoms with Gasteiger partial charge in [0.1, 0.15) is 18.9 Å². The maximum atomic E-state index is 12.2. The van der Waals surface area contributed by atoms with Crippen molar-refractivity contribution in [1.82, 2.24) is 15.4 Å². The predicted molar refractivity (Wildman–Crippen MR) is 69.3 cm³/mol. The highest BCUT2D eigenvalue weighted by molar-refractivity contribution is 6.00. The molecule has 0 radical (unpaired) electrons. The van der Waals surface area contributed by atoms with E-state index < -0.39 is 23.8 Å². The number of rotatable bonds is 2. The molecule has 0 bridgehead atoms. The fourth-order valence-electron chi connectivity index (χ4n) is 1.96. The Morgan fingerprint density at radius 2 is 1.88 bits per heavy atom. The summed E-state index contributed by atoms with van der Waals surface area (Å²) in [4.78, 5) is 22.5. The molecule has 2 heterocycles. The Morgan fingerprint density at radius 1 is 1.17 bits per heavy atom. The van der Waals surface area contributed by atoms with Crippen molar-refractivity contribution in [1.29, 1.82) is 0 Å². The van der Waals surface area contributed by atoms with Gasteiger partial charge in [0.15, 0.2) is 17.2 Å². The Bertz CT molecular complexity index is 802. The van der Waals surface area contributed by atoms with Crippen molar-refractivity contribution in [2.24, 2.45) is 0 Å². The lowest BCUT2D eigenvalue weighted by Gasteiger charge is -2.18. The van der Waals surface area contributed by atoms with Crippen LogP contribution in [0.25, 0.3) is 11.3 Å². The Morgan fingerprint density at radius 3 is 2.58 bits per heavy atom. The van der Waals surface area contributed by atoms with Gasteiger partial charge in [0.2, 0.25) is 0 Å². The van der Waals surface area contributed by atoms with Crippen LogP contribution in [0.4, 0.5) is 13.2 Å². The number of H-pyrrole nitrogens is 1. The van der Waals surface area contributed by atoms with Gasteiger partial charge < -0.3 is 14.2 Å². The molecule has 11 heteroatoms. The van der Waals surface area contributed by atoms with Crippen LogP contribution in [0.15, 0.2) is 18.2 Å². The number of fused-ring (bicyclic) bond motifs is 1. The molecule has 1 aliphatic rings. The number of ether oxygens (including phenoxy) is 3. The molecule has 0 saturated carbocycles. The third-order valence-corrected chi connectivity index (χ3v) is 2.99. The van der Waals surface area contributed by atoms with Gasteiger partial charge in [-0.15, -0.1) is 5.10 Å². The van der Waals surface area contributed by atoms with Gasteiger partial charge in [-0.05, 0) is 18.2 Å². The average Bonchev–Trinajstić information content (AvgIpc) is 3.03. The summed E-state index contributed by atoms with van der Waals surface area (Å²) in [5, 5.41) is 9.10. The van der Waals surface area contributed by atoms with Crippen LogP contribution in [0.1, 0.15) is 10.5 Å². The van der Waals surface area contributed by atoms with Crippen LogP contribution in [-0.2, 0) is 9.53 Å². The van der Waals surface area contributed by atoms with Crippen LogP contribution in [0.3, 0.4) is 0 Å². The Hall–Kier alpha value is -3.11. The van der Waals surface area contributed by atoms with Crippen LogP contribution in [0.2, 0.25) is 0 Å². The largest absolute Gasteiger partial charge is 0.491 e. The number of carbonyl (C=O) groups is 2. The minimum atomic E-state index is -5.29. The van der Waals surface area contributed by atoms with Gasteiger partial charge >= 0.3 is 18.1 Å². The summed E-state index contributed by atoms with van der Waals surface area (Å²) in [7, 11) is 0. The number of esters is 2. The highest BCUT2D eigenvalue weighted by Gasteiger charge is 2.43. The van der Waals surface area contributed by atoms with Gasteiger partial charge in [-0.3, -0.25) is 5.10 Å². The van der Waals surface area contributed by atoms with Gasteiger partial charge in [0.25, 0.3) is 0 Å². The Balaban J connectivity index is 1.88. The van der Waals surface area contributed by atoms with Crippen molar-refractivity contribution in [2.75, 3.05) is 13.2 Å². The average molecular weight is 343 g/mol. The summed E-state index contributed by atoms with van der Waals surface area (Å²) in [6.07, 6.45) is -5.29.